The number of carbonyl (C=O) groups excluding carboxylic acids is 1. The Morgan fingerprint density at radius 1 is 1.38 bits per heavy atom. The van der Waals surface area contributed by atoms with E-state index in [0.717, 1.165) is 5.56 Å². The van der Waals surface area contributed by atoms with Gasteiger partial charge in [0.15, 0.2) is 0 Å². The fourth-order valence-corrected chi connectivity index (χ4v) is 2.34. The Hall–Kier alpha value is -3.03. The lowest BCUT2D eigenvalue weighted by atomic mass is 10.2. The monoisotopic (exact) mass is 326 g/mol. The minimum Gasteiger partial charge on any atom is -0.354 e. The normalized spacial score (nSPS) is 12.0. The van der Waals surface area contributed by atoms with E-state index < -0.39 is 0 Å². The smallest absolute Gasteiger partial charge is 0.244 e. The molecule has 24 heavy (non-hydrogen) atoms. The molecule has 1 N–H and O–H groups in total. The Morgan fingerprint density at radius 2 is 2.29 bits per heavy atom. The predicted molar refractivity (Wildman–Crippen MR) is 85.8 cm³/mol. The van der Waals surface area contributed by atoms with Crippen LogP contribution in [0.5, 0.6) is 0 Å². The number of nitrogens with zero attached hydrogens (tertiary/aromatic N) is 5. The molecule has 0 aliphatic rings. The fraction of sp³-hybridized carbons (Fsp3) is 0.312. The maximum absolute atomic E-state index is 12.2. The molecule has 3 rings (SSSR count). The highest BCUT2D eigenvalue weighted by molar-refractivity contribution is 5.80. The third kappa shape index (κ3) is 3.65. The maximum Gasteiger partial charge on any atom is 0.244 e. The first-order valence-corrected chi connectivity index (χ1v) is 7.77. The van der Waals surface area contributed by atoms with Gasteiger partial charge in [0.2, 0.25) is 17.6 Å². The largest absolute Gasteiger partial charge is 0.354 e. The summed E-state index contributed by atoms with van der Waals surface area (Å²) < 4.78 is 6.86. The van der Waals surface area contributed by atoms with Crippen LogP contribution in [-0.2, 0) is 11.2 Å². The van der Waals surface area contributed by atoms with Crippen molar-refractivity contribution in [2.75, 3.05) is 6.54 Å². The Kier molecular flexibility index (Phi) is 4.95. The SMILES string of the molecule is CC[C@@H](C(=O)NCCc1nc(-c2cccnc2)no1)n1cccn1. The molecule has 8 nitrogen and oxygen atoms in total. The first-order chi connectivity index (χ1) is 11.8. The standard InChI is InChI=1S/C16H18N6O2/c1-2-13(22-10-4-8-19-22)16(23)18-9-6-14-20-15(21-24-14)12-5-3-7-17-11-12/h3-5,7-8,10-11,13H,2,6,9H2,1H3,(H,18,23)/t13-/m0/s1. The molecular formula is C16H18N6O2. The molecule has 3 heterocycles. The van der Waals surface area contributed by atoms with Crippen LogP contribution >= 0.6 is 0 Å². The van der Waals surface area contributed by atoms with E-state index >= 15 is 0 Å². The van der Waals surface area contributed by atoms with E-state index in [1.807, 2.05) is 19.1 Å². The van der Waals surface area contributed by atoms with Crippen molar-refractivity contribution in [1.82, 2.24) is 30.2 Å². The van der Waals surface area contributed by atoms with Crippen molar-refractivity contribution >= 4 is 5.91 Å². The lowest BCUT2D eigenvalue weighted by molar-refractivity contribution is -0.124. The fourth-order valence-electron chi connectivity index (χ4n) is 2.34. The molecule has 3 aromatic heterocycles. The summed E-state index contributed by atoms with van der Waals surface area (Å²) in [6, 6.07) is 5.16. The first kappa shape index (κ1) is 15.9. The van der Waals surface area contributed by atoms with Crippen LogP contribution in [0.15, 0.2) is 47.5 Å². The van der Waals surface area contributed by atoms with Crippen LogP contribution in [0.3, 0.4) is 0 Å². The third-order valence-electron chi connectivity index (χ3n) is 3.56. The zero-order valence-corrected chi connectivity index (χ0v) is 13.3. The zero-order valence-electron chi connectivity index (χ0n) is 13.3. The average molecular weight is 326 g/mol. The van der Waals surface area contributed by atoms with Crippen molar-refractivity contribution in [3.8, 4) is 11.4 Å². The molecule has 0 unspecified atom stereocenters. The van der Waals surface area contributed by atoms with Gasteiger partial charge in [0.25, 0.3) is 0 Å². The summed E-state index contributed by atoms with van der Waals surface area (Å²) in [6.07, 6.45) is 7.93. The molecule has 124 valence electrons. The lowest BCUT2D eigenvalue weighted by Gasteiger charge is -2.14. The van der Waals surface area contributed by atoms with Crippen molar-refractivity contribution < 1.29 is 9.32 Å². The van der Waals surface area contributed by atoms with E-state index in [-0.39, 0.29) is 11.9 Å². The second-order valence-corrected chi connectivity index (χ2v) is 5.20. The molecule has 0 aromatic carbocycles. The summed E-state index contributed by atoms with van der Waals surface area (Å²) in [7, 11) is 0. The van der Waals surface area contributed by atoms with E-state index in [1.54, 1.807) is 35.5 Å². The van der Waals surface area contributed by atoms with Gasteiger partial charge in [0, 0.05) is 43.3 Å². The van der Waals surface area contributed by atoms with Gasteiger partial charge >= 0.3 is 0 Å². The Bertz CT molecular complexity index is 769. The molecule has 0 aliphatic carbocycles. The van der Waals surface area contributed by atoms with Gasteiger partial charge in [0.05, 0.1) is 0 Å². The van der Waals surface area contributed by atoms with Crippen LogP contribution in [-0.4, -0.2) is 37.4 Å². The van der Waals surface area contributed by atoms with Gasteiger partial charge in [-0.05, 0) is 24.6 Å². The number of hydrogen-bond donors (Lipinski definition) is 1. The minimum absolute atomic E-state index is 0.0757. The second-order valence-electron chi connectivity index (χ2n) is 5.20. The topological polar surface area (TPSA) is 98.7 Å². The van der Waals surface area contributed by atoms with Crippen molar-refractivity contribution in [2.24, 2.45) is 0 Å². The predicted octanol–water partition coefficient (Wildman–Crippen LogP) is 1.64. The van der Waals surface area contributed by atoms with Gasteiger partial charge < -0.3 is 9.84 Å². The number of rotatable bonds is 7. The van der Waals surface area contributed by atoms with Crippen LogP contribution in [0.2, 0.25) is 0 Å². The molecular weight excluding hydrogens is 308 g/mol. The number of nitrogens with one attached hydrogen (secondary N) is 1. The highest BCUT2D eigenvalue weighted by Gasteiger charge is 2.18. The van der Waals surface area contributed by atoms with Crippen molar-refractivity contribution in [3.05, 3.63) is 48.9 Å². The summed E-state index contributed by atoms with van der Waals surface area (Å²) in [4.78, 5) is 20.6. The number of hydrogen-bond acceptors (Lipinski definition) is 6. The Morgan fingerprint density at radius 3 is 3.00 bits per heavy atom. The van der Waals surface area contributed by atoms with Gasteiger partial charge in [-0.3, -0.25) is 14.5 Å². The van der Waals surface area contributed by atoms with Crippen molar-refractivity contribution in [1.29, 1.82) is 0 Å². The van der Waals surface area contributed by atoms with E-state index in [2.05, 4.69) is 25.5 Å². The van der Waals surface area contributed by atoms with Gasteiger partial charge in [-0.25, -0.2) is 0 Å². The Balaban J connectivity index is 1.53. The number of amides is 1. The van der Waals surface area contributed by atoms with E-state index in [9.17, 15) is 4.79 Å². The van der Waals surface area contributed by atoms with Crippen LogP contribution in [0.1, 0.15) is 25.3 Å². The summed E-state index contributed by atoms with van der Waals surface area (Å²) in [6.45, 7) is 2.37. The molecule has 8 heteroatoms. The third-order valence-corrected chi connectivity index (χ3v) is 3.56. The molecule has 0 radical (unpaired) electrons. The highest BCUT2D eigenvalue weighted by atomic mass is 16.5. The number of carbonyl (C=O) groups is 1. The average Bonchev–Trinajstić information content (AvgIpc) is 3.28. The molecule has 1 atom stereocenters. The lowest BCUT2D eigenvalue weighted by Crippen LogP contribution is -2.33. The number of aromatic nitrogens is 5. The summed E-state index contributed by atoms with van der Waals surface area (Å²) in [5, 5.41) is 10.9. The van der Waals surface area contributed by atoms with Gasteiger partial charge in [-0.15, -0.1) is 0 Å². The van der Waals surface area contributed by atoms with Crippen LogP contribution in [0, 0.1) is 0 Å². The second kappa shape index (κ2) is 7.49. The summed E-state index contributed by atoms with van der Waals surface area (Å²) in [5.74, 6) is 0.891. The zero-order chi connectivity index (χ0) is 16.8. The molecule has 1 amide bonds. The van der Waals surface area contributed by atoms with Gasteiger partial charge in [-0.2, -0.15) is 10.1 Å². The maximum atomic E-state index is 12.2. The first-order valence-electron chi connectivity index (χ1n) is 7.77. The van der Waals surface area contributed by atoms with E-state index in [0.29, 0.717) is 31.1 Å². The minimum atomic E-state index is -0.311. The molecule has 0 saturated heterocycles. The number of pyridine rings is 1. The van der Waals surface area contributed by atoms with E-state index in [4.69, 9.17) is 4.52 Å². The van der Waals surface area contributed by atoms with Crippen LogP contribution in [0.25, 0.3) is 11.4 Å². The van der Waals surface area contributed by atoms with E-state index in [1.165, 1.54) is 0 Å². The van der Waals surface area contributed by atoms with Crippen LogP contribution < -0.4 is 5.32 Å². The molecule has 0 fully saturated rings. The van der Waals surface area contributed by atoms with Crippen molar-refractivity contribution in [3.63, 3.8) is 0 Å². The quantitative estimate of drug-likeness (QED) is 0.708. The molecule has 0 saturated carbocycles. The molecule has 0 spiro atoms. The molecule has 0 bridgehead atoms. The summed E-state index contributed by atoms with van der Waals surface area (Å²) in [5.41, 5.74) is 0.793. The molecule has 0 aliphatic heterocycles. The highest BCUT2D eigenvalue weighted by Crippen LogP contribution is 2.14. The van der Waals surface area contributed by atoms with Gasteiger partial charge in [0.1, 0.15) is 6.04 Å². The Labute approximate surface area is 138 Å². The van der Waals surface area contributed by atoms with Gasteiger partial charge in [-0.1, -0.05) is 12.1 Å². The van der Waals surface area contributed by atoms with Crippen molar-refractivity contribution in [2.45, 2.75) is 25.8 Å². The van der Waals surface area contributed by atoms with Crippen LogP contribution in [0.4, 0.5) is 0 Å². The molecule has 3 aromatic rings. The summed E-state index contributed by atoms with van der Waals surface area (Å²) >= 11 is 0.